The third-order valence-electron chi connectivity index (χ3n) is 4.27. The van der Waals surface area contributed by atoms with Crippen molar-refractivity contribution in [2.24, 2.45) is 0 Å². The summed E-state index contributed by atoms with van der Waals surface area (Å²) in [5.74, 6) is 1.18. The van der Waals surface area contributed by atoms with Crippen LogP contribution in [-0.4, -0.2) is 26.5 Å². The summed E-state index contributed by atoms with van der Waals surface area (Å²) in [5, 5.41) is 17.8. The molecule has 0 fully saturated rings. The molecule has 0 bridgehead atoms. The molecule has 1 unspecified atom stereocenters. The molecule has 1 aromatic heterocycles. The standard InChI is InChI=1S/C19H16ClN3O2S/c1-11-17-18(12-2-8-15(24)9-3-12)26-10-16(25)21-19(17)23(22-11)14-6-4-13(20)5-7-14/h2-9,18,24H,10H2,1H3,(H,21,25). The van der Waals surface area contributed by atoms with Crippen molar-refractivity contribution < 1.29 is 9.90 Å². The highest BCUT2D eigenvalue weighted by molar-refractivity contribution is 8.00. The lowest BCUT2D eigenvalue weighted by Crippen LogP contribution is -2.15. The highest BCUT2D eigenvalue weighted by atomic mass is 35.5. The van der Waals surface area contributed by atoms with Crippen molar-refractivity contribution in [1.29, 1.82) is 0 Å². The van der Waals surface area contributed by atoms with Gasteiger partial charge in [0.05, 0.1) is 22.4 Å². The van der Waals surface area contributed by atoms with E-state index in [-0.39, 0.29) is 16.9 Å². The summed E-state index contributed by atoms with van der Waals surface area (Å²) in [5.41, 5.74) is 3.67. The van der Waals surface area contributed by atoms with Gasteiger partial charge in [-0.2, -0.15) is 5.10 Å². The number of anilines is 1. The van der Waals surface area contributed by atoms with E-state index in [1.54, 1.807) is 40.7 Å². The summed E-state index contributed by atoms with van der Waals surface area (Å²) in [7, 11) is 0. The van der Waals surface area contributed by atoms with Crippen molar-refractivity contribution in [1.82, 2.24) is 9.78 Å². The summed E-state index contributed by atoms with van der Waals surface area (Å²) in [6.45, 7) is 1.94. The van der Waals surface area contributed by atoms with E-state index in [0.717, 1.165) is 22.5 Å². The molecule has 0 radical (unpaired) electrons. The van der Waals surface area contributed by atoms with E-state index in [1.165, 1.54) is 0 Å². The lowest BCUT2D eigenvalue weighted by molar-refractivity contribution is -0.113. The number of aryl methyl sites for hydroxylation is 1. The first-order chi connectivity index (χ1) is 12.5. The van der Waals surface area contributed by atoms with Gasteiger partial charge < -0.3 is 10.4 Å². The maximum Gasteiger partial charge on any atom is 0.235 e. The molecule has 2 heterocycles. The lowest BCUT2D eigenvalue weighted by Gasteiger charge is -2.15. The Bertz CT molecular complexity index is 968. The second-order valence-corrected chi connectivity index (χ2v) is 7.60. The van der Waals surface area contributed by atoms with Crippen molar-refractivity contribution >= 4 is 35.1 Å². The van der Waals surface area contributed by atoms with Gasteiger partial charge in [0.2, 0.25) is 5.91 Å². The zero-order chi connectivity index (χ0) is 18.3. The highest BCUT2D eigenvalue weighted by Crippen LogP contribution is 2.44. The van der Waals surface area contributed by atoms with Gasteiger partial charge in [0, 0.05) is 10.6 Å². The number of amides is 1. The van der Waals surface area contributed by atoms with Crippen LogP contribution in [0.25, 0.3) is 5.69 Å². The van der Waals surface area contributed by atoms with E-state index in [1.807, 2.05) is 31.2 Å². The molecule has 132 valence electrons. The van der Waals surface area contributed by atoms with E-state index >= 15 is 0 Å². The Labute approximate surface area is 160 Å². The van der Waals surface area contributed by atoms with Crippen LogP contribution in [0.5, 0.6) is 5.75 Å². The van der Waals surface area contributed by atoms with E-state index < -0.39 is 0 Å². The predicted molar refractivity (Wildman–Crippen MR) is 104 cm³/mol. The zero-order valence-electron chi connectivity index (χ0n) is 13.9. The third-order valence-corrected chi connectivity index (χ3v) is 5.80. The number of benzene rings is 2. The van der Waals surface area contributed by atoms with Crippen molar-refractivity contribution in [3.63, 3.8) is 0 Å². The number of aromatic hydroxyl groups is 1. The normalized spacial score (nSPS) is 16.7. The molecule has 2 aromatic carbocycles. The number of carbonyl (C=O) groups is 1. The van der Waals surface area contributed by atoms with Crippen molar-refractivity contribution in [3.05, 3.63) is 70.4 Å². The number of aromatic nitrogens is 2. The Morgan fingerprint density at radius 3 is 2.58 bits per heavy atom. The van der Waals surface area contributed by atoms with E-state index in [9.17, 15) is 9.90 Å². The van der Waals surface area contributed by atoms with Gasteiger partial charge in [0.15, 0.2) is 0 Å². The highest BCUT2D eigenvalue weighted by Gasteiger charge is 2.30. The monoisotopic (exact) mass is 385 g/mol. The van der Waals surface area contributed by atoms with Crippen molar-refractivity contribution in [2.45, 2.75) is 12.2 Å². The maximum atomic E-state index is 12.3. The third kappa shape index (κ3) is 3.06. The van der Waals surface area contributed by atoms with E-state index in [0.29, 0.717) is 16.6 Å². The fourth-order valence-electron chi connectivity index (χ4n) is 3.07. The number of carbonyl (C=O) groups excluding carboxylic acids is 1. The number of thioether (sulfide) groups is 1. The first-order valence-corrected chi connectivity index (χ1v) is 9.51. The van der Waals surface area contributed by atoms with Gasteiger partial charge >= 0.3 is 0 Å². The minimum absolute atomic E-state index is 0.0504. The Kier molecular flexibility index (Phi) is 4.38. The molecule has 0 aliphatic carbocycles. The summed E-state index contributed by atoms with van der Waals surface area (Å²) in [4.78, 5) is 12.3. The Balaban J connectivity index is 1.87. The lowest BCUT2D eigenvalue weighted by atomic mass is 10.0. The molecular formula is C19H16ClN3O2S. The molecular weight excluding hydrogens is 370 g/mol. The van der Waals surface area contributed by atoms with Crippen LogP contribution in [0.3, 0.4) is 0 Å². The average molecular weight is 386 g/mol. The van der Waals surface area contributed by atoms with Crippen LogP contribution < -0.4 is 5.32 Å². The minimum atomic E-state index is -0.0624. The minimum Gasteiger partial charge on any atom is -0.508 e. The van der Waals surface area contributed by atoms with Crippen LogP contribution in [0.2, 0.25) is 5.02 Å². The predicted octanol–water partition coefficient (Wildman–Crippen LogP) is 4.31. The first kappa shape index (κ1) is 17.0. The van der Waals surface area contributed by atoms with Crippen LogP contribution in [-0.2, 0) is 4.79 Å². The molecule has 1 atom stereocenters. The molecule has 7 heteroatoms. The van der Waals surface area contributed by atoms with Crippen LogP contribution in [0, 0.1) is 6.92 Å². The maximum absolute atomic E-state index is 12.3. The van der Waals surface area contributed by atoms with Crippen molar-refractivity contribution in [3.8, 4) is 11.4 Å². The number of phenols is 1. The number of fused-ring (bicyclic) bond motifs is 1. The van der Waals surface area contributed by atoms with E-state index in [4.69, 9.17) is 11.6 Å². The number of phenolic OH excluding ortho intramolecular Hbond substituents is 1. The van der Waals surface area contributed by atoms with Crippen LogP contribution >= 0.6 is 23.4 Å². The van der Waals surface area contributed by atoms with Gasteiger partial charge in [-0.05, 0) is 48.9 Å². The van der Waals surface area contributed by atoms with Gasteiger partial charge in [-0.25, -0.2) is 4.68 Å². The van der Waals surface area contributed by atoms with Gasteiger partial charge in [0.1, 0.15) is 11.6 Å². The SMILES string of the molecule is Cc1nn(-c2ccc(Cl)cc2)c2c1C(c1ccc(O)cc1)SCC(=O)N2. The number of nitrogens with one attached hydrogen (secondary N) is 1. The van der Waals surface area contributed by atoms with Gasteiger partial charge in [0.25, 0.3) is 0 Å². The summed E-state index contributed by atoms with van der Waals surface area (Å²) in [6, 6.07) is 14.4. The quantitative estimate of drug-likeness (QED) is 0.689. The molecule has 2 N–H and O–H groups in total. The summed E-state index contributed by atoms with van der Waals surface area (Å²) >= 11 is 7.54. The van der Waals surface area contributed by atoms with E-state index in [2.05, 4.69) is 10.4 Å². The number of rotatable bonds is 2. The Morgan fingerprint density at radius 2 is 1.88 bits per heavy atom. The topological polar surface area (TPSA) is 67.1 Å². The van der Waals surface area contributed by atoms with Crippen LogP contribution in [0.1, 0.15) is 22.1 Å². The molecule has 0 saturated heterocycles. The largest absolute Gasteiger partial charge is 0.508 e. The first-order valence-electron chi connectivity index (χ1n) is 8.09. The fourth-order valence-corrected chi connectivity index (χ4v) is 4.38. The summed E-state index contributed by atoms with van der Waals surface area (Å²) in [6.07, 6.45) is 0. The van der Waals surface area contributed by atoms with Gasteiger partial charge in [-0.1, -0.05) is 23.7 Å². The molecule has 1 aliphatic rings. The molecule has 0 saturated carbocycles. The van der Waals surface area contributed by atoms with Gasteiger partial charge in [-0.3, -0.25) is 4.79 Å². The van der Waals surface area contributed by atoms with Gasteiger partial charge in [-0.15, -0.1) is 11.8 Å². The second kappa shape index (κ2) is 6.70. The number of nitrogens with zero attached hydrogens (tertiary/aromatic N) is 2. The Morgan fingerprint density at radius 1 is 1.19 bits per heavy atom. The molecule has 5 nitrogen and oxygen atoms in total. The van der Waals surface area contributed by atoms with Crippen LogP contribution in [0.4, 0.5) is 5.82 Å². The zero-order valence-corrected chi connectivity index (χ0v) is 15.5. The molecule has 0 spiro atoms. The van der Waals surface area contributed by atoms with Crippen molar-refractivity contribution in [2.75, 3.05) is 11.1 Å². The number of hydrogen-bond donors (Lipinski definition) is 2. The molecule has 1 amide bonds. The number of hydrogen-bond acceptors (Lipinski definition) is 4. The number of halogens is 1. The second-order valence-electron chi connectivity index (χ2n) is 6.07. The molecule has 1 aliphatic heterocycles. The summed E-state index contributed by atoms with van der Waals surface area (Å²) < 4.78 is 1.75. The average Bonchev–Trinajstić information content (AvgIpc) is 2.83. The van der Waals surface area contributed by atoms with Crippen LogP contribution in [0.15, 0.2) is 48.5 Å². The Hall–Kier alpha value is -2.44. The molecule has 26 heavy (non-hydrogen) atoms. The smallest absolute Gasteiger partial charge is 0.235 e. The molecule has 4 rings (SSSR count). The fraction of sp³-hybridized carbons (Fsp3) is 0.158. The molecule has 3 aromatic rings.